The second kappa shape index (κ2) is 6.96. The maximum Gasteiger partial charge on any atom is 0.253 e. The van der Waals surface area contributed by atoms with E-state index in [2.05, 4.69) is 0 Å². The van der Waals surface area contributed by atoms with Gasteiger partial charge in [-0.3, -0.25) is 0 Å². The Morgan fingerprint density at radius 3 is 2.32 bits per heavy atom. The summed E-state index contributed by atoms with van der Waals surface area (Å²) >= 11 is 0. The van der Waals surface area contributed by atoms with Crippen LogP contribution in [0.1, 0.15) is 25.0 Å². The molecule has 0 saturated carbocycles. The Hall–Kier alpha value is -1.01. The number of ether oxygens (including phenoxy) is 1. The Balaban J connectivity index is 0.000000861. The average Bonchev–Trinajstić information content (AvgIpc) is 2.45. The lowest BCUT2D eigenvalue weighted by atomic mass is 10.1. The van der Waals surface area contributed by atoms with E-state index in [9.17, 15) is 14.6 Å². The van der Waals surface area contributed by atoms with Crippen LogP contribution in [0.5, 0.6) is 0 Å². The van der Waals surface area contributed by atoms with Crippen LogP contribution in [-0.2, 0) is 10.6 Å². The van der Waals surface area contributed by atoms with Crippen LogP contribution in [0.15, 0.2) is 18.2 Å². The fraction of sp³-hybridized carbons (Fsp3) is 0.571. The van der Waals surface area contributed by atoms with E-state index in [1.54, 1.807) is 6.92 Å². The molecule has 0 aromatic heterocycles. The minimum Gasteiger partial charge on any atom is -0.379 e. The van der Waals surface area contributed by atoms with Gasteiger partial charge in [-0.2, -0.15) is 0 Å². The second-order valence-corrected chi connectivity index (χ2v) is 4.20. The van der Waals surface area contributed by atoms with Gasteiger partial charge in [0.15, 0.2) is 0 Å². The van der Waals surface area contributed by atoms with E-state index in [1.165, 1.54) is 23.1 Å². The zero-order valence-corrected chi connectivity index (χ0v) is 11.7. The molecule has 0 radical (unpaired) electrons. The Bertz CT molecular complexity index is 404. The molecule has 2 rings (SSSR count). The first-order valence-corrected chi connectivity index (χ1v) is 6.56. The van der Waals surface area contributed by atoms with Gasteiger partial charge in [0.1, 0.15) is 5.82 Å². The maximum atomic E-state index is 13.1. The number of hydrogen-bond donors (Lipinski definition) is 2. The molecule has 1 aliphatic rings. The summed E-state index contributed by atoms with van der Waals surface area (Å²) in [4.78, 5) is 1.50. The van der Waals surface area contributed by atoms with E-state index in [-0.39, 0.29) is 11.4 Å². The van der Waals surface area contributed by atoms with Gasteiger partial charge >= 0.3 is 0 Å². The largest absolute Gasteiger partial charge is 0.379 e. The van der Waals surface area contributed by atoms with Gasteiger partial charge in [0.25, 0.3) is 5.91 Å². The summed E-state index contributed by atoms with van der Waals surface area (Å²) in [7, 11) is 0. The van der Waals surface area contributed by atoms with E-state index in [1.807, 2.05) is 13.8 Å². The molecule has 1 saturated heterocycles. The van der Waals surface area contributed by atoms with Crippen LogP contribution in [-0.4, -0.2) is 41.4 Å². The van der Waals surface area contributed by atoms with Crippen molar-refractivity contribution in [3.05, 3.63) is 35.1 Å². The molecule has 0 spiro atoms. The van der Waals surface area contributed by atoms with Crippen molar-refractivity contribution in [2.75, 3.05) is 26.3 Å². The minimum atomic E-state index is -2.07. The molecule has 108 valence electrons. The summed E-state index contributed by atoms with van der Waals surface area (Å²) in [6.07, 6.45) is 0. The third kappa shape index (κ3) is 3.73. The van der Waals surface area contributed by atoms with Gasteiger partial charge in [-0.1, -0.05) is 13.8 Å². The Labute approximate surface area is 113 Å². The number of rotatable bonds is 2. The lowest BCUT2D eigenvalue weighted by molar-refractivity contribution is -0.286. The molecule has 0 bridgehead atoms. The third-order valence-corrected chi connectivity index (χ3v) is 3.00. The molecular formula is C14H22FNO3. The zero-order chi connectivity index (χ0) is 14.5. The molecule has 19 heavy (non-hydrogen) atoms. The first kappa shape index (κ1) is 16.0. The van der Waals surface area contributed by atoms with Crippen LogP contribution < -0.4 is 0 Å². The van der Waals surface area contributed by atoms with Crippen molar-refractivity contribution in [2.24, 2.45) is 0 Å². The van der Waals surface area contributed by atoms with Crippen LogP contribution in [0.25, 0.3) is 0 Å². The summed E-state index contributed by atoms with van der Waals surface area (Å²) < 4.78 is 18.3. The molecule has 1 aromatic carbocycles. The maximum absolute atomic E-state index is 13.1. The first-order chi connectivity index (χ1) is 9.01. The monoisotopic (exact) mass is 271 g/mol. The number of nitrogens with zero attached hydrogens (tertiary/aromatic N) is 1. The van der Waals surface area contributed by atoms with E-state index in [0.717, 1.165) is 0 Å². The van der Waals surface area contributed by atoms with E-state index < -0.39 is 5.91 Å². The number of aryl methyl sites for hydroxylation is 1. The van der Waals surface area contributed by atoms with Crippen molar-refractivity contribution in [1.82, 2.24) is 4.90 Å². The Kier molecular flexibility index (Phi) is 5.87. The van der Waals surface area contributed by atoms with Crippen molar-refractivity contribution in [3.8, 4) is 0 Å². The Morgan fingerprint density at radius 1 is 1.21 bits per heavy atom. The van der Waals surface area contributed by atoms with E-state index in [0.29, 0.717) is 31.9 Å². The highest BCUT2D eigenvalue weighted by molar-refractivity contribution is 5.26. The molecule has 5 heteroatoms. The topological polar surface area (TPSA) is 52.9 Å². The molecule has 1 fully saturated rings. The molecule has 2 N–H and O–H groups in total. The van der Waals surface area contributed by atoms with Crippen LogP contribution >= 0.6 is 0 Å². The summed E-state index contributed by atoms with van der Waals surface area (Å²) in [5.41, 5.74) is 0.668. The summed E-state index contributed by atoms with van der Waals surface area (Å²) in [5.74, 6) is -2.42. The number of morpholine rings is 1. The highest BCUT2D eigenvalue weighted by Crippen LogP contribution is 2.25. The van der Waals surface area contributed by atoms with Gasteiger partial charge in [-0.15, -0.1) is 0 Å². The number of halogens is 1. The van der Waals surface area contributed by atoms with Crippen LogP contribution in [0.2, 0.25) is 0 Å². The Morgan fingerprint density at radius 2 is 1.79 bits per heavy atom. The lowest BCUT2D eigenvalue weighted by Gasteiger charge is -2.37. The van der Waals surface area contributed by atoms with Gasteiger partial charge < -0.3 is 14.9 Å². The lowest BCUT2D eigenvalue weighted by Crippen LogP contribution is -2.51. The van der Waals surface area contributed by atoms with Crippen LogP contribution in [0.4, 0.5) is 4.39 Å². The summed E-state index contributed by atoms with van der Waals surface area (Å²) in [6, 6.07) is 4.08. The SMILES string of the molecule is CC.Cc1cc(C(O)(O)N2CCOCC2)ccc1F. The molecule has 1 aromatic rings. The van der Waals surface area contributed by atoms with Crippen LogP contribution in [0.3, 0.4) is 0 Å². The predicted molar refractivity (Wildman–Crippen MR) is 71.0 cm³/mol. The minimum absolute atomic E-state index is 0.276. The summed E-state index contributed by atoms with van der Waals surface area (Å²) in [6.45, 7) is 7.38. The van der Waals surface area contributed by atoms with Gasteiger partial charge in [0.05, 0.1) is 13.2 Å². The van der Waals surface area contributed by atoms with Gasteiger partial charge in [0, 0.05) is 18.7 Å². The summed E-state index contributed by atoms with van der Waals surface area (Å²) in [5, 5.41) is 20.3. The predicted octanol–water partition coefficient (Wildman–Crippen LogP) is 1.59. The first-order valence-electron chi connectivity index (χ1n) is 6.56. The molecular weight excluding hydrogens is 249 g/mol. The zero-order valence-electron chi connectivity index (χ0n) is 11.7. The van der Waals surface area contributed by atoms with Gasteiger partial charge in [-0.25, -0.2) is 9.29 Å². The normalized spacial score (nSPS) is 16.7. The molecule has 4 nitrogen and oxygen atoms in total. The quantitative estimate of drug-likeness (QED) is 0.802. The molecule has 1 heterocycles. The molecule has 0 atom stereocenters. The molecule has 0 unspecified atom stereocenters. The number of hydrogen-bond acceptors (Lipinski definition) is 4. The molecule has 0 amide bonds. The average molecular weight is 271 g/mol. The standard InChI is InChI=1S/C12H16FNO3.C2H6/c1-9-8-10(2-3-11(9)13)12(15,16)14-4-6-17-7-5-14;1-2/h2-3,8,15-16H,4-7H2,1H3;1-2H3. The van der Waals surface area contributed by atoms with Gasteiger partial charge in [-0.05, 0) is 30.7 Å². The van der Waals surface area contributed by atoms with Crippen molar-refractivity contribution < 1.29 is 19.3 Å². The van der Waals surface area contributed by atoms with Gasteiger partial charge in [0.2, 0.25) is 0 Å². The molecule has 0 aliphatic carbocycles. The smallest absolute Gasteiger partial charge is 0.253 e. The van der Waals surface area contributed by atoms with E-state index >= 15 is 0 Å². The third-order valence-electron chi connectivity index (χ3n) is 3.00. The van der Waals surface area contributed by atoms with Crippen molar-refractivity contribution in [1.29, 1.82) is 0 Å². The molecule has 1 aliphatic heterocycles. The van der Waals surface area contributed by atoms with Crippen molar-refractivity contribution >= 4 is 0 Å². The van der Waals surface area contributed by atoms with Crippen molar-refractivity contribution in [3.63, 3.8) is 0 Å². The fourth-order valence-corrected chi connectivity index (χ4v) is 1.91. The highest BCUT2D eigenvalue weighted by atomic mass is 19.1. The number of benzene rings is 1. The van der Waals surface area contributed by atoms with E-state index in [4.69, 9.17) is 4.74 Å². The highest BCUT2D eigenvalue weighted by Gasteiger charge is 2.35. The van der Waals surface area contributed by atoms with Crippen LogP contribution in [0, 0.1) is 12.7 Å². The second-order valence-electron chi connectivity index (χ2n) is 4.20. The number of aliphatic hydroxyl groups is 2. The van der Waals surface area contributed by atoms with Crippen molar-refractivity contribution in [2.45, 2.75) is 26.7 Å². The fourth-order valence-electron chi connectivity index (χ4n) is 1.91.